The topological polar surface area (TPSA) is 119 Å². The number of anilines is 1. The summed E-state index contributed by atoms with van der Waals surface area (Å²) in [6.07, 6.45) is 2.92. The Morgan fingerprint density at radius 2 is 2.00 bits per heavy atom. The molecule has 4 aromatic rings. The number of thiazole rings is 1. The monoisotopic (exact) mass is 429 g/mol. The van der Waals surface area contributed by atoms with Crippen LogP contribution in [0.1, 0.15) is 10.5 Å². The van der Waals surface area contributed by atoms with Crippen LogP contribution >= 0.6 is 22.9 Å². The highest BCUT2D eigenvalue weighted by Crippen LogP contribution is 2.32. The normalized spacial score (nSPS) is 10.7. The standard InChI is InChI=1S/C18H12ClN5O4S/c1-27-10-6-8-20-13(14(10)25)16(26)24-18-22-9-4-5-12(23-17(9)29-18)28-11-3-2-7-21-15(11)19/h2-8,25H,1H3,(H,22,24,26). The Labute approximate surface area is 173 Å². The maximum absolute atomic E-state index is 12.4. The predicted octanol–water partition coefficient (Wildman–Crippen LogP) is 3.89. The van der Waals surface area contributed by atoms with Gasteiger partial charge in [0.25, 0.3) is 5.91 Å². The molecule has 4 rings (SSSR count). The summed E-state index contributed by atoms with van der Waals surface area (Å²) in [5.74, 6) is -0.151. The quantitative estimate of drug-likeness (QED) is 0.458. The number of methoxy groups -OCH3 is 1. The van der Waals surface area contributed by atoms with Gasteiger partial charge in [-0.3, -0.25) is 10.1 Å². The van der Waals surface area contributed by atoms with Gasteiger partial charge in [-0.15, -0.1) is 0 Å². The van der Waals surface area contributed by atoms with Crippen molar-refractivity contribution in [2.75, 3.05) is 12.4 Å². The van der Waals surface area contributed by atoms with Crippen molar-refractivity contribution in [2.24, 2.45) is 0 Å². The molecule has 0 aliphatic carbocycles. The fourth-order valence-electron chi connectivity index (χ4n) is 2.39. The Morgan fingerprint density at radius 1 is 1.14 bits per heavy atom. The molecule has 0 spiro atoms. The maximum atomic E-state index is 12.4. The number of fused-ring (bicyclic) bond motifs is 1. The van der Waals surface area contributed by atoms with E-state index in [-0.39, 0.29) is 27.5 Å². The Hall–Kier alpha value is -3.50. The second kappa shape index (κ2) is 7.86. The predicted molar refractivity (Wildman–Crippen MR) is 107 cm³/mol. The minimum atomic E-state index is -0.626. The zero-order valence-corrected chi connectivity index (χ0v) is 16.4. The minimum absolute atomic E-state index is 0.145. The lowest BCUT2D eigenvalue weighted by molar-refractivity contribution is 0.101. The summed E-state index contributed by atoms with van der Waals surface area (Å²) in [6, 6.07) is 8.15. The highest BCUT2D eigenvalue weighted by molar-refractivity contribution is 7.22. The number of rotatable bonds is 5. The summed E-state index contributed by atoms with van der Waals surface area (Å²) >= 11 is 7.13. The van der Waals surface area contributed by atoms with Gasteiger partial charge in [-0.25, -0.2) is 19.9 Å². The van der Waals surface area contributed by atoms with E-state index in [9.17, 15) is 9.90 Å². The molecule has 29 heavy (non-hydrogen) atoms. The average molecular weight is 430 g/mol. The molecule has 0 fully saturated rings. The van der Waals surface area contributed by atoms with Gasteiger partial charge >= 0.3 is 0 Å². The van der Waals surface area contributed by atoms with Crippen molar-refractivity contribution in [1.29, 1.82) is 0 Å². The van der Waals surface area contributed by atoms with Gasteiger partial charge in [0.05, 0.1) is 7.11 Å². The summed E-state index contributed by atoms with van der Waals surface area (Å²) < 4.78 is 10.6. The van der Waals surface area contributed by atoms with E-state index >= 15 is 0 Å². The lowest BCUT2D eigenvalue weighted by atomic mass is 10.3. The molecule has 0 atom stereocenters. The van der Waals surface area contributed by atoms with Crippen LogP contribution in [0.3, 0.4) is 0 Å². The van der Waals surface area contributed by atoms with Crippen molar-refractivity contribution >= 4 is 44.3 Å². The highest BCUT2D eigenvalue weighted by Gasteiger charge is 2.18. The lowest BCUT2D eigenvalue weighted by Gasteiger charge is -2.06. The van der Waals surface area contributed by atoms with Crippen LogP contribution in [-0.4, -0.2) is 38.1 Å². The second-order valence-corrected chi connectivity index (χ2v) is 6.89. The summed E-state index contributed by atoms with van der Waals surface area (Å²) in [6.45, 7) is 0. The lowest BCUT2D eigenvalue weighted by Crippen LogP contribution is -2.13. The van der Waals surface area contributed by atoms with E-state index in [1.54, 1.807) is 30.5 Å². The van der Waals surface area contributed by atoms with Gasteiger partial charge in [0.2, 0.25) is 5.88 Å². The molecular formula is C18H12ClN5O4S. The van der Waals surface area contributed by atoms with Gasteiger partial charge in [0, 0.05) is 24.5 Å². The van der Waals surface area contributed by atoms with Crippen molar-refractivity contribution in [1.82, 2.24) is 19.9 Å². The van der Waals surface area contributed by atoms with Crippen molar-refractivity contribution in [3.8, 4) is 23.1 Å². The van der Waals surface area contributed by atoms with Crippen LogP contribution in [0.4, 0.5) is 5.13 Å². The second-order valence-electron chi connectivity index (χ2n) is 5.55. The maximum Gasteiger partial charge on any atom is 0.280 e. The molecule has 11 heteroatoms. The first-order valence-electron chi connectivity index (χ1n) is 8.14. The van der Waals surface area contributed by atoms with Crippen LogP contribution in [-0.2, 0) is 0 Å². The molecule has 0 radical (unpaired) electrons. The summed E-state index contributed by atoms with van der Waals surface area (Å²) in [7, 11) is 1.38. The zero-order valence-electron chi connectivity index (χ0n) is 14.8. The summed E-state index contributed by atoms with van der Waals surface area (Å²) in [5, 5.41) is 13.2. The number of nitrogens with one attached hydrogen (secondary N) is 1. The molecule has 9 nitrogen and oxygen atoms in total. The molecule has 0 saturated heterocycles. The largest absolute Gasteiger partial charge is 0.503 e. The molecule has 146 valence electrons. The number of pyridine rings is 3. The van der Waals surface area contributed by atoms with E-state index in [0.717, 1.165) is 11.3 Å². The fourth-order valence-corrected chi connectivity index (χ4v) is 3.38. The van der Waals surface area contributed by atoms with Crippen LogP contribution in [0.25, 0.3) is 10.3 Å². The highest BCUT2D eigenvalue weighted by atomic mass is 35.5. The Bertz CT molecular complexity index is 1220. The number of aromatic hydroxyl groups is 1. The van der Waals surface area contributed by atoms with E-state index in [2.05, 4.69) is 25.3 Å². The number of carbonyl (C=O) groups excluding carboxylic acids is 1. The number of aromatic nitrogens is 4. The fraction of sp³-hybridized carbons (Fsp3) is 0.0556. The van der Waals surface area contributed by atoms with E-state index in [0.29, 0.717) is 22.0 Å². The number of ether oxygens (including phenoxy) is 2. The molecule has 0 aromatic carbocycles. The van der Waals surface area contributed by atoms with Gasteiger partial charge in [-0.1, -0.05) is 22.9 Å². The molecule has 0 aliphatic heterocycles. The Morgan fingerprint density at radius 3 is 2.79 bits per heavy atom. The van der Waals surface area contributed by atoms with Crippen LogP contribution in [0.2, 0.25) is 5.15 Å². The number of nitrogens with zero attached hydrogens (tertiary/aromatic N) is 4. The van der Waals surface area contributed by atoms with Gasteiger partial charge in [-0.2, -0.15) is 0 Å². The van der Waals surface area contributed by atoms with Crippen molar-refractivity contribution < 1.29 is 19.4 Å². The van der Waals surface area contributed by atoms with E-state index in [4.69, 9.17) is 21.1 Å². The molecule has 1 amide bonds. The molecule has 0 bridgehead atoms. The molecule has 2 N–H and O–H groups in total. The first-order valence-corrected chi connectivity index (χ1v) is 9.34. The molecule has 4 heterocycles. The average Bonchev–Trinajstić information content (AvgIpc) is 3.11. The zero-order chi connectivity index (χ0) is 20.4. The minimum Gasteiger partial charge on any atom is -0.503 e. The summed E-state index contributed by atoms with van der Waals surface area (Å²) in [5.41, 5.74) is 0.393. The molecule has 4 aromatic heterocycles. The van der Waals surface area contributed by atoms with Crippen molar-refractivity contribution in [3.05, 3.63) is 53.6 Å². The number of halogens is 1. The molecule has 0 saturated carbocycles. The first-order chi connectivity index (χ1) is 14.0. The Kier molecular flexibility index (Phi) is 5.10. The van der Waals surface area contributed by atoms with Gasteiger partial charge in [-0.05, 0) is 18.2 Å². The van der Waals surface area contributed by atoms with E-state index < -0.39 is 5.91 Å². The van der Waals surface area contributed by atoms with Gasteiger partial charge in [0.1, 0.15) is 10.3 Å². The smallest absolute Gasteiger partial charge is 0.280 e. The number of carbonyl (C=O) groups is 1. The number of hydrogen-bond acceptors (Lipinski definition) is 9. The van der Waals surface area contributed by atoms with Gasteiger partial charge < -0.3 is 14.6 Å². The third kappa shape index (κ3) is 3.89. The van der Waals surface area contributed by atoms with Crippen LogP contribution < -0.4 is 14.8 Å². The summed E-state index contributed by atoms with van der Waals surface area (Å²) in [4.78, 5) is 29.5. The third-order valence-electron chi connectivity index (χ3n) is 3.71. The third-order valence-corrected chi connectivity index (χ3v) is 4.88. The molecule has 0 aliphatic rings. The van der Waals surface area contributed by atoms with Gasteiger partial charge in [0.15, 0.2) is 33.2 Å². The van der Waals surface area contributed by atoms with Crippen molar-refractivity contribution in [2.45, 2.75) is 0 Å². The van der Waals surface area contributed by atoms with Crippen LogP contribution in [0.5, 0.6) is 23.1 Å². The Balaban J connectivity index is 1.56. The van der Waals surface area contributed by atoms with Crippen molar-refractivity contribution in [3.63, 3.8) is 0 Å². The first kappa shape index (κ1) is 18.8. The molecule has 0 unspecified atom stereocenters. The number of hydrogen-bond donors (Lipinski definition) is 2. The molecular weight excluding hydrogens is 418 g/mol. The SMILES string of the molecule is COc1ccnc(C(=O)Nc2nc3ccc(Oc4cccnc4Cl)nc3s2)c1O. The van der Waals surface area contributed by atoms with E-state index in [1.807, 2.05) is 0 Å². The van der Waals surface area contributed by atoms with Crippen LogP contribution in [0.15, 0.2) is 42.7 Å². The van der Waals surface area contributed by atoms with Crippen LogP contribution in [0, 0.1) is 0 Å². The van der Waals surface area contributed by atoms with E-state index in [1.165, 1.54) is 19.4 Å². The number of amides is 1.